The molecule has 0 N–H and O–H groups in total. The zero-order valence-corrected chi connectivity index (χ0v) is 15.9. The summed E-state index contributed by atoms with van der Waals surface area (Å²) in [6, 6.07) is 13.6. The molecule has 28 heavy (non-hydrogen) atoms. The molecule has 0 aliphatic carbocycles. The number of ketones is 1. The van der Waals surface area contributed by atoms with Gasteiger partial charge in [0.2, 0.25) is 5.91 Å². The fourth-order valence-electron chi connectivity index (χ4n) is 3.06. The summed E-state index contributed by atoms with van der Waals surface area (Å²) in [5, 5.41) is 0. The van der Waals surface area contributed by atoms with Crippen LogP contribution in [0.15, 0.2) is 60.3 Å². The molecule has 2 aromatic carbocycles. The van der Waals surface area contributed by atoms with Gasteiger partial charge in [-0.3, -0.25) is 14.5 Å². The van der Waals surface area contributed by atoms with Crippen molar-refractivity contribution < 1.29 is 23.9 Å². The van der Waals surface area contributed by atoms with Crippen molar-refractivity contribution in [1.82, 2.24) is 0 Å². The number of hydrogen-bond donors (Lipinski definition) is 0. The maximum atomic E-state index is 12.9. The Kier molecular flexibility index (Phi) is 4.92. The monoisotopic (exact) mass is 395 g/mol. The van der Waals surface area contributed by atoms with Crippen molar-refractivity contribution in [3.63, 3.8) is 0 Å². The highest BCUT2D eigenvalue weighted by atomic mass is 32.2. The van der Waals surface area contributed by atoms with Crippen LogP contribution in [0.4, 0.5) is 5.69 Å². The molecule has 1 atom stereocenters. The lowest BCUT2D eigenvalue weighted by Gasteiger charge is -2.26. The van der Waals surface area contributed by atoms with Crippen LogP contribution in [0.2, 0.25) is 0 Å². The Morgan fingerprint density at radius 3 is 2.68 bits per heavy atom. The third-order valence-electron chi connectivity index (χ3n) is 4.43. The molecule has 7 heteroatoms. The Hall–Kier alpha value is -3.06. The minimum atomic E-state index is -0.532. The van der Waals surface area contributed by atoms with E-state index >= 15 is 0 Å². The van der Waals surface area contributed by atoms with Gasteiger partial charge in [-0.15, -0.1) is 11.8 Å². The van der Waals surface area contributed by atoms with Gasteiger partial charge in [-0.05, 0) is 43.3 Å². The molecule has 0 spiro atoms. The van der Waals surface area contributed by atoms with Crippen LogP contribution in [-0.2, 0) is 9.53 Å². The van der Waals surface area contributed by atoms with E-state index in [1.54, 1.807) is 55.6 Å². The van der Waals surface area contributed by atoms with Gasteiger partial charge in [0, 0.05) is 11.9 Å². The highest BCUT2D eigenvalue weighted by molar-refractivity contribution is 8.00. The van der Waals surface area contributed by atoms with Gasteiger partial charge in [-0.2, -0.15) is 0 Å². The normalized spacial score (nSPS) is 18.4. The van der Waals surface area contributed by atoms with Gasteiger partial charge < -0.3 is 9.47 Å². The fourth-order valence-corrected chi connectivity index (χ4v) is 4.01. The Balaban J connectivity index is 1.68. The zero-order valence-electron chi connectivity index (χ0n) is 15.1. The van der Waals surface area contributed by atoms with Crippen molar-refractivity contribution in [1.29, 1.82) is 0 Å². The third-order valence-corrected chi connectivity index (χ3v) is 5.50. The number of anilines is 1. The molecule has 0 saturated heterocycles. The summed E-state index contributed by atoms with van der Waals surface area (Å²) in [7, 11) is 0. The molecule has 2 aliphatic heterocycles. The van der Waals surface area contributed by atoms with E-state index in [0.717, 1.165) is 0 Å². The average Bonchev–Trinajstić information content (AvgIpc) is 2.88. The predicted molar refractivity (Wildman–Crippen MR) is 106 cm³/mol. The summed E-state index contributed by atoms with van der Waals surface area (Å²) in [4.78, 5) is 38.9. The lowest BCUT2D eigenvalue weighted by molar-refractivity contribution is -0.115. The topological polar surface area (TPSA) is 72.9 Å². The molecule has 2 aromatic rings. The van der Waals surface area contributed by atoms with Crippen LogP contribution in [0.3, 0.4) is 0 Å². The molecule has 0 fully saturated rings. The number of benzene rings is 2. The molecule has 1 unspecified atom stereocenters. The molecule has 0 aromatic heterocycles. The number of ether oxygens (including phenoxy) is 2. The van der Waals surface area contributed by atoms with Gasteiger partial charge in [0.1, 0.15) is 5.75 Å². The number of para-hydroxylation sites is 1. The van der Waals surface area contributed by atoms with Crippen molar-refractivity contribution in [2.24, 2.45) is 0 Å². The van der Waals surface area contributed by atoms with E-state index < -0.39 is 11.4 Å². The van der Waals surface area contributed by atoms with Crippen LogP contribution in [0.25, 0.3) is 0 Å². The lowest BCUT2D eigenvalue weighted by atomic mass is 10.0. The highest BCUT2D eigenvalue weighted by Gasteiger charge is 2.36. The average molecular weight is 395 g/mol. The molecular weight excluding hydrogens is 378 g/mol. The quantitative estimate of drug-likeness (QED) is 0.742. The minimum absolute atomic E-state index is 0.151. The van der Waals surface area contributed by atoms with Crippen molar-refractivity contribution in [2.45, 2.75) is 12.4 Å². The second-order valence-electron chi connectivity index (χ2n) is 6.20. The number of amides is 1. The number of hydrogen-bond acceptors (Lipinski definition) is 6. The minimum Gasteiger partial charge on any atom is -0.474 e. The van der Waals surface area contributed by atoms with Crippen molar-refractivity contribution in [2.75, 3.05) is 17.3 Å². The van der Waals surface area contributed by atoms with Crippen LogP contribution in [0.5, 0.6) is 5.75 Å². The van der Waals surface area contributed by atoms with E-state index in [-0.39, 0.29) is 17.4 Å². The van der Waals surface area contributed by atoms with Crippen LogP contribution in [0, 0.1) is 0 Å². The number of rotatable bonds is 3. The molecule has 142 valence electrons. The molecule has 0 bridgehead atoms. The number of carbonyl (C=O) groups excluding carboxylic acids is 3. The number of thioether (sulfide) groups is 1. The number of nitrogens with zero attached hydrogens (tertiary/aromatic N) is 1. The first-order valence-electron chi connectivity index (χ1n) is 8.81. The smallest absolute Gasteiger partial charge is 0.338 e. The molecule has 0 radical (unpaired) electrons. The predicted octanol–water partition coefficient (Wildman–Crippen LogP) is 3.43. The summed E-state index contributed by atoms with van der Waals surface area (Å²) >= 11 is 1.28. The van der Waals surface area contributed by atoms with Crippen molar-refractivity contribution in [3.8, 4) is 5.75 Å². The Bertz CT molecular complexity index is 983. The summed E-state index contributed by atoms with van der Waals surface area (Å²) in [6.07, 6.45) is 1.55. The second-order valence-corrected chi connectivity index (χ2v) is 7.25. The Labute approximate surface area is 166 Å². The van der Waals surface area contributed by atoms with Gasteiger partial charge in [0.15, 0.2) is 11.2 Å². The third kappa shape index (κ3) is 3.29. The molecular formula is C21H17NO5S. The van der Waals surface area contributed by atoms with E-state index in [1.807, 2.05) is 6.07 Å². The van der Waals surface area contributed by atoms with E-state index in [2.05, 4.69) is 0 Å². The van der Waals surface area contributed by atoms with E-state index in [1.165, 1.54) is 16.7 Å². The van der Waals surface area contributed by atoms with Gasteiger partial charge in [-0.25, -0.2) is 4.79 Å². The lowest BCUT2D eigenvalue weighted by Crippen LogP contribution is -2.28. The molecule has 4 rings (SSSR count). The maximum absolute atomic E-state index is 12.9. The summed E-state index contributed by atoms with van der Waals surface area (Å²) in [5.41, 5.74) is 1.34. The molecule has 6 nitrogen and oxygen atoms in total. The molecule has 1 amide bonds. The van der Waals surface area contributed by atoms with E-state index in [9.17, 15) is 14.4 Å². The molecule has 2 aliphatic rings. The number of esters is 1. The van der Waals surface area contributed by atoms with Gasteiger partial charge >= 0.3 is 5.97 Å². The summed E-state index contributed by atoms with van der Waals surface area (Å²) < 4.78 is 10.9. The first-order valence-corrected chi connectivity index (χ1v) is 9.86. The van der Waals surface area contributed by atoms with Crippen LogP contribution < -0.4 is 9.64 Å². The first kappa shape index (κ1) is 18.3. The standard InChI is InChI=1S/C21H17NO5S/c1-2-26-20(25)13-7-9-14(10-8-13)22-11-16-19(24)15-5-3-4-6-17(15)27-21(16)28-12-18(22)23/h3-11,21H,2,12H2,1H3. The van der Waals surface area contributed by atoms with Crippen molar-refractivity contribution >= 4 is 35.1 Å². The van der Waals surface area contributed by atoms with Crippen molar-refractivity contribution in [3.05, 3.63) is 71.4 Å². The fraction of sp³-hybridized carbons (Fsp3) is 0.190. The first-order chi connectivity index (χ1) is 13.6. The maximum Gasteiger partial charge on any atom is 0.338 e. The Morgan fingerprint density at radius 2 is 1.93 bits per heavy atom. The van der Waals surface area contributed by atoms with E-state index in [4.69, 9.17) is 9.47 Å². The number of Topliss-reactive ketones (excluding diaryl/α,β-unsaturated/α-hetero) is 1. The second kappa shape index (κ2) is 7.52. The van der Waals surface area contributed by atoms with Crippen LogP contribution >= 0.6 is 11.8 Å². The van der Waals surface area contributed by atoms with Crippen LogP contribution in [-0.4, -0.2) is 35.5 Å². The molecule has 0 saturated carbocycles. The zero-order chi connectivity index (χ0) is 19.7. The van der Waals surface area contributed by atoms with Gasteiger partial charge in [0.05, 0.1) is 29.1 Å². The SMILES string of the molecule is CCOC(=O)c1ccc(N2C=C3C(=O)c4ccccc4OC3SCC2=O)cc1. The summed E-state index contributed by atoms with van der Waals surface area (Å²) in [6.45, 7) is 2.03. The summed E-state index contributed by atoms with van der Waals surface area (Å²) in [5.74, 6) is -0.0438. The molecule has 2 heterocycles. The van der Waals surface area contributed by atoms with Gasteiger partial charge in [-0.1, -0.05) is 12.1 Å². The van der Waals surface area contributed by atoms with E-state index in [0.29, 0.717) is 34.7 Å². The number of carbonyl (C=O) groups is 3. The van der Waals surface area contributed by atoms with Gasteiger partial charge in [0.25, 0.3) is 0 Å². The largest absolute Gasteiger partial charge is 0.474 e. The number of fused-ring (bicyclic) bond motifs is 2. The Morgan fingerprint density at radius 1 is 1.18 bits per heavy atom. The highest BCUT2D eigenvalue weighted by Crippen LogP contribution is 2.37. The van der Waals surface area contributed by atoms with Crippen LogP contribution in [0.1, 0.15) is 27.6 Å².